The van der Waals surface area contributed by atoms with E-state index in [9.17, 15) is 13.2 Å². The van der Waals surface area contributed by atoms with Gasteiger partial charge in [-0.2, -0.15) is 13.2 Å². The van der Waals surface area contributed by atoms with Crippen LogP contribution in [0.3, 0.4) is 0 Å². The number of halogens is 3. The molecule has 0 aliphatic heterocycles. The lowest BCUT2D eigenvalue weighted by Gasteiger charge is -2.07. The summed E-state index contributed by atoms with van der Waals surface area (Å²) in [5.41, 5.74) is 0.0504. The molecule has 2 aromatic heterocycles. The summed E-state index contributed by atoms with van der Waals surface area (Å²) in [6.45, 7) is 0. The van der Waals surface area contributed by atoms with Gasteiger partial charge in [-0.05, 0) is 12.1 Å². The first-order valence-electron chi connectivity index (χ1n) is 4.90. The van der Waals surface area contributed by atoms with E-state index in [2.05, 4.69) is 9.97 Å². The van der Waals surface area contributed by atoms with Crippen molar-refractivity contribution in [2.45, 2.75) is 6.18 Å². The zero-order valence-electron chi connectivity index (χ0n) is 8.73. The van der Waals surface area contributed by atoms with Crippen LogP contribution < -0.4 is 0 Å². The maximum absolute atomic E-state index is 12.8. The van der Waals surface area contributed by atoms with Crippen LogP contribution in [0.4, 0.5) is 13.2 Å². The molecule has 0 radical (unpaired) electrons. The van der Waals surface area contributed by atoms with Gasteiger partial charge in [0, 0.05) is 11.6 Å². The molecule has 7 heteroatoms. The van der Waals surface area contributed by atoms with E-state index in [1.165, 1.54) is 17.5 Å². The van der Waals surface area contributed by atoms with Crippen LogP contribution in [0.25, 0.3) is 21.7 Å². The molecule has 0 aliphatic carbocycles. The molecule has 0 amide bonds. The van der Waals surface area contributed by atoms with E-state index >= 15 is 0 Å². The monoisotopic (exact) mass is 270 g/mol. The molecule has 0 N–H and O–H groups in total. The van der Waals surface area contributed by atoms with Crippen LogP contribution in [0.2, 0.25) is 0 Å². The van der Waals surface area contributed by atoms with E-state index in [0.29, 0.717) is 16.2 Å². The Morgan fingerprint density at radius 1 is 1.17 bits per heavy atom. The Labute approximate surface area is 103 Å². The number of thiazole rings is 1. The van der Waals surface area contributed by atoms with Gasteiger partial charge in [0.05, 0.1) is 11.1 Å². The number of hydrogen-bond donors (Lipinski definition) is 0. The van der Waals surface area contributed by atoms with Crippen molar-refractivity contribution in [2.75, 3.05) is 0 Å². The van der Waals surface area contributed by atoms with Crippen LogP contribution in [0, 0.1) is 0 Å². The van der Waals surface area contributed by atoms with Gasteiger partial charge in [0.15, 0.2) is 12.0 Å². The second kappa shape index (κ2) is 3.81. The summed E-state index contributed by atoms with van der Waals surface area (Å²) in [6, 6.07) is 2.00. The maximum atomic E-state index is 12.8. The number of rotatable bonds is 1. The predicted octanol–water partition coefficient (Wildman–Crippen LogP) is 3.97. The minimum Gasteiger partial charge on any atom is -0.443 e. The van der Waals surface area contributed by atoms with Crippen molar-refractivity contribution in [1.82, 2.24) is 9.97 Å². The fourth-order valence-corrected chi connectivity index (χ4v) is 2.30. The quantitative estimate of drug-likeness (QED) is 0.671. The van der Waals surface area contributed by atoms with E-state index < -0.39 is 11.7 Å². The molecule has 3 rings (SSSR count). The van der Waals surface area contributed by atoms with Gasteiger partial charge in [-0.3, -0.25) is 0 Å². The zero-order valence-corrected chi connectivity index (χ0v) is 9.55. The second-order valence-corrected chi connectivity index (χ2v) is 4.45. The molecule has 1 aromatic carbocycles. The van der Waals surface area contributed by atoms with E-state index in [4.69, 9.17) is 4.42 Å². The lowest BCUT2D eigenvalue weighted by molar-refractivity contribution is -0.137. The highest BCUT2D eigenvalue weighted by Gasteiger charge is 2.32. The highest BCUT2D eigenvalue weighted by molar-refractivity contribution is 7.13. The molecule has 2 heterocycles. The summed E-state index contributed by atoms with van der Waals surface area (Å²) in [6.07, 6.45) is -1.76. The Bertz CT molecular complexity index is 688. The smallest absolute Gasteiger partial charge is 0.416 e. The van der Waals surface area contributed by atoms with E-state index in [0.717, 1.165) is 18.5 Å². The van der Waals surface area contributed by atoms with Crippen LogP contribution in [-0.2, 0) is 6.18 Å². The molecule has 0 fully saturated rings. The lowest BCUT2D eigenvalue weighted by Crippen LogP contribution is -2.05. The minimum atomic E-state index is -4.42. The van der Waals surface area contributed by atoms with Crippen molar-refractivity contribution < 1.29 is 17.6 Å². The first kappa shape index (κ1) is 11.2. The maximum Gasteiger partial charge on any atom is 0.416 e. The predicted molar refractivity (Wildman–Crippen MR) is 60.1 cm³/mol. The Balaban J connectivity index is 2.32. The number of aromatic nitrogens is 2. The number of hydrogen-bond acceptors (Lipinski definition) is 4. The Kier molecular flexibility index (Phi) is 2.37. The van der Waals surface area contributed by atoms with Gasteiger partial charge in [-0.25, -0.2) is 9.97 Å². The van der Waals surface area contributed by atoms with Gasteiger partial charge >= 0.3 is 6.18 Å². The second-order valence-electron chi connectivity index (χ2n) is 3.56. The molecule has 0 bridgehead atoms. The van der Waals surface area contributed by atoms with Crippen LogP contribution >= 0.6 is 11.3 Å². The SMILES string of the molecule is FC(F)(F)c1cc(-c2nccs2)c2ocnc2c1. The van der Waals surface area contributed by atoms with Crippen molar-refractivity contribution in [1.29, 1.82) is 0 Å². The number of alkyl halides is 3. The minimum absolute atomic E-state index is 0.176. The largest absolute Gasteiger partial charge is 0.443 e. The van der Waals surface area contributed by atoms with E-state index in [-0.39, 0.29) is 5.52 Å². The standard InChI is InChI=1S/C11H5F3N2OS/c12-11(13,14)6-3-7(10-15-1-2-18-10)9-8(4-6)16-5-17-9/h1-5H. The third-order valence-corrected chi connectivity index (χ3v) is 3.23. The third kappa shape index (κ3) is 1.76. The highest BCUT2D eigenvalue weighted by Crippen LogP contribution is 2.37. The van der Waals surface area contributed by atoms with Gasteiger partial charge < -0.3 is 4.42 Å². The Hall–Kier alpha value is -1.89. The number of nitrogens with zero attached hydrogens (tertiary/aromatic N) is 2. The molecule has 0 saturated heterocycles. The molecule has 0 spiro atoms. The molecule has 0 aliphatic rings. The van der Waals surface area contributed by atoms with Crippen molar-refractivity contribution in [2.24, 2.45) is 0 Å². The molecule has 3 nitrogen and oxygen atoms in total. The normalized spacial score (nSPS) is 12.2. The average Bonchev–Trinajstić information content (AvgIpc) is 2.97. The third-order valence-electron chi connectivity index (χ3n) is 2.42. The summed E-state index contributed by atoms with van der Waals surface area (Å²) in [5.74, 6) is 0. The fraction of sp³-hybridized carbons (Fsp3) is 0.0909. The molecular formula is C11H5F3N2OS. The number of oxazole rings is 1. The van der Waals surface area contributed by atoms with Crippen LogP contribution in [-0.4, -0.2) is 9.97 Å². The van der Waals surface area contributed by atoms with Crippen molar-refractivity contribution in [3.05, 3.63) is 35.7 Å². The van der Waals surface area contributed by atoms with Crippen molar-refractivity contribution in [3.8, 4) is 10.6 Å². The van der Waals surface area contributed by atoms with Crippen LogP contribution in [0.15, 0.2) is 34.5 Å². The molecule has 0 unspecified atom stereocenters. The highest BCUT2D eigenvalue weighted by atomic mass is 32.1. The van der Waals surface area contributed by atoms with Crippen molar-refractivity contribution in [3.63, 3.8) is 0 Å². The fourth-order valence-electron chi connectivity index (χ4n) is 1.65. The first-order chi connectivity index (χ1) is 8.55. The topological polar surface area (TPSA) is 38.9 Å². The van der Waals surface area contributed by atoms with E-state index in [1.54, 1.807) is 5.38 Å². The Morgan fingerprint density at radius 2 is 2.00 bits per heavy atom. The van der Waals surface area contributed by atoms with Gasteiger partial charge in [0.2, 0.25) is 0 Å². The van der Waals surface area contributed by atoms with Crippen LogP contribution in [0.5, 0.6) is 0 Å². The lowest BCUT2D eigenvalue weighted by atomic mass is 10.1. The average molecular weight is 270 g/mol. The molecule has 92 valence electrons. The molecular weight excluding hydrogens is 265 g/mol. The molecule has 0 saturated carbocycles. The van der Waals surface area contributed by atoms with Gasteiger partial charge in [0.1, 0.15) is 10.5 Å². The molecule has 3 aromatic rings. The van der Waals surface area contributed by atoms with Crippen LogP contribution in [0.1, 0.15) is 5.56 Å². The summed E-state index contributed by atoms with van der Waals surface area (Å²) in [5, 5.41) is 2.17. The van der Waals surface area contributed by atoms with Gasteiger partial charge in [-0.1, -0.05) is 0 Å². The summed E-state index contributed by atoms with van der Waals surface area (Å²) in [4.78, 5) is 7.78. The Morgan fingerprint density at radius 3 is 2.67 bits per heavy atom. The van der Waals surface area contributed by atoms with Gasteiger partial charge in [0.25, 0.3) is 0 Å². The van der Waals surface area contributed by atoms with Crippen molar-refractivity contribution >= 4 is 22.4 Å². The number of fused-ring (bicyclic) bond motifs is 1. The molecule has 0 atom stereocenters. The summed E-state index contributed by atoms with van der Waals surface area (Å²) < 4.78 is 43.4. The molecule has 18 heavy (non-hydrogen) atoms. The van der Waals surface area contributed by atoms with Gasteiger partial charge in [-0.15, -0.1) is 11.3 Å². The van der Waals surface area contributed by atoms with E-state index in [1.807, 2.05) is 0 Å². The zero-order chi connectivity index (χ0) is 12.8. The first-order valence-corrected chi connectivity index (χ1v) is 5.78. The summed E-state index contributed by atoms with van der Waals surface area (Å²) >= 11 is 1.25. The number of benzene rings is 1. The summed E-state index contributed by atoms with van der Waals surface area (Å²) in [7, 11) is 0.